The van der Waals surface area contributed by atoms with Crippen LogP contribution in [0.15, 0.2) is 41.3 Å². The van der Waals surface area contributed by atoms with Crippen LogP contribution in [-0.2, 0) is 16.6 Å². The van der Waals surface area contributed by atoms with Gasteiger partial charge in [-0.25, -0.2) is 13.1 Å². The normalized spacial score (nSPS) is 12.2. The summed E-state index contributed by atoms with van der Waals surface area (Å²) in [6, 6.07) is 9.71. The highest BCUT2D eigenvalue weighted by Crippen LogP contribution is 2.23. The van der Waals surface area contributed by atoms with E-state index in [0.717, 1.165) is 4.88 Å². The fourth-order valence-corrected chi connectivity index (χ4v) is 4.90. The van der Waals surface area contributed by atoms with E-state index in [1.807, 2.05) is 19.1 Å². The van der Waals surface area contributed by atoms with Crippen LogP contribution in [-0.4, -0.2) is 31.3 Å². The lowest BCUT2D eigenvalue weighted by Crippen LogP contribution is -2.40. The van der Waals surface area contributed by atoms with Gasteiger partial charge in [0.15, 0.2) is 0 Å². The molecule has 0 unspecified atom stereocenters. The first-order valence-corrected chi connectivity index (χ1v) is 10.9. The molecule has 0 saturated heterocycles. The molecule has 0 aliphatic carbocycles. The Kier molecular flexibility index (Phi) is 6.50. The van der Waals surface area contributed by atoms with Crippen LogP contribution in [0.25, 0.3) is 0 Å². The quantitative estimate of drug-likeness (QED) is 0.772. The van der Waals surface area contributed by atoms with Gasteiger partial charge < -0.3 is 4.90 Å². The third-order valence-corrected chi connectivity index (χ3v) is 6.49. The molecular weight excluding hydrogens is 392 g/mol. The molecule has 1 aromatic heterocycles. The Hall–Kier alpha value is -1.41. The van der Waals surface area contributed by atoms with Gasteiger partial charge in [0.05, 0.1) is 15.8 Å². The largest absolute Gasteiger partial charge is 0.334 e. The van der Waals surface area contributed by atoms with E-state index in [0.29, 0.717) is 23.0 Å². The van der Waals surface area contributed by atoms with Crippen molar-refractivity contribution in [3.63, 3.8) is 0 Å². The molecule has 1 heterocycles. The molecule has 0 fully saturated rings. The van der Waals surface area contributed by atoms with Crippen LogP contribution in [0.2, 0.25) is 4.34 Å². The van der Waals surface area contributed by atoms with Crippen molar-refractivity contribution in [2.45, 2.75) is 44.7 Å². The molecule has 0 radical (unpaired) electrons. The molecule has 1 N–H and O–H groups in total. The van der Waals surface area contributed by atoms with Gasteiger partial charge in [0.1, 0.15) is 0 Å². The van der Waals surface area contributed by atoms with Gasteiger partial charge in [-0.05, 0) is 64.1 Å². The molecule has 0 atom stereocenters. The lowest BCUT2D eigenvalue weighted by molar-refractivity contribution is 0.0754. The maximum atomic E-state index is 12.7. The van der Waals surface area contributed by atoms with Gasteiger partial charge in [-0.1, -0.05) is 11.6 Å². The molecule has 142 valence electrons. The van der Waals surface area contributed by atoms with E-state index in [4.69, 9.17) is 11.6 Å². The minimum absolute atomic E-state index is 0.136. The zero-order valence-electron chi connectivity index (χ0n) is 15.2. The number of nitrogens with one attached hydrogen (secondary N) is 1. The predicted octanol–water partition coefficient (Wildman–Crippen LogP) is 4.14. The predicted molar refractivity (Wildman–Crippen MR) is 106 cm³/mol. The van der Waals surface area contributed by atoms with Crippen molar-refractivity contribution in [3.8, 4) is 0 Å². The number of nitrogens with zero attached hydrogens (tertiary/aromatic N) is 1. The SMILES string of the molecule is CCN(Cc1ccc(Cl)s1)C(=O)c1ccc(S(=O)(=O)NC(C)(C)C)cc1. The van der Waals surface area contributed by atoms with E-state index in [-0.39, 0.29) is 10.8 Å². The Morgan fingerprint density at radius 3 is 2.23 bits per heavy atom. The third-order valence-electron chi connectivity index (χ3n) is 3.50. The van der Waals surface area contributed by atoms with Crippen LogP contribution >= 0.6 is 22.9 Å². The van der Waals surface area contributed by atoms with Crippen molar-refractivity contribution in [1.29, 1.82) is 0 Å². The van der Waals surface area contributed by atoms with E-state index >= 15 is 0 Å². The second-order valence-electron chi connectivity index (χ2n) is 6.91. The zero-order valence-corrected chi connectivity index (χ0v) is 17.6. The first-order chi connectivity index (χ1) is 12.0. The van der Waals surface area contributed by atoms with Gasteiger partial charge in [0.2, 0.25) is 10.0 Å². The second kappa shape index (κ2) is 8.08. The molecule has 0 bridgehead atoms. The van der Waals surface area contributed by atoms with Crippen LogP contribution in [0, 0.1) is 0 Å². The van der Waals surface area contributed by atoms with Crippen molar-refractivity contribution >= 4 is 38.9 Å². The fourth-order valence-electron chi connectivity index (χ4n) is 2.37. The fraction of sp³-hybridized carbons (Fsp3) is 0.389. The Morgan fingerprint density at radius 2 is 1.77 bits per heavy atom. The molecule has 1 amide bonds. The van der Waals surface area contributed by atoms with Crippen molar-refractivity contribution in [2.75, 3.05) is 6.54 Å². The number of hydrogen-bond donors (Lipinski definition) is 1. The van der Waals surface area contributed by atoms with Crippen LogP contribution < -0.4 is 4.72 Å². The van der Waals surface area contributed by atoms with Crippen LogP contribution in [0.1, 0.15) is 42.9 Å². The molecule has 1 aromatic carbocycles. The smallest absolute Gasteiger partial charge is 0.254 e. The monoisotopic (exact) mass is 414 g/mol. The van der Waals surface area contributed by atoms with Gasteiger partial charge in [-0.15, -0.1) is 11.3 Å². The number of carbonyl (C=O) groups is 1. The van der Waals surface area contributed by atoms with Gasteiger partial charge in [0, 0.05) is 22.5 Å². The zero-order chi connectivity index (χ0) is 19.5. The first-order valence-electron chi connectivity index (χ1n) is 8.19. The van der Waals surface area contributed by atoms with E-state index in [9.17, 15) is 13.2 Å². The van der Waals surface area contributed by atoms with Crippen molar-refractivity contribution < 1.29 is 13.2 Å². The highest BCUT2D eigenvalue weighted by atomic mass is 35.5. The standard InChI is InChI=1S/C18H23ClN2O3S2/c1-5-21(12-14-8-11-16(19)25-14)17(22)13-6-9-15(10-7-13)26(23,24)20-18(2,3)4/h6-11,20H,5,12H2,1-4H3. The second-order valence-corrected chi connectivity index (χ2v) is 10.4. The molecule has 26 heavy (non-hydrogen) atoms. The van der Waals surface area contributed by atoms with Crippen molar-refractivity contribution in [2.24, 2.45) is 0 Å². The molecular formula is C18H23ClN2O3S2. The number of amides is 1. The van der Waals surface area contributed by atoms with Crippen molar-refractivity contribution in [3.05, 3.63) is 51.2 Å². The Labute approximate surface area is 164 Å². The molecule has 0 saturated carbocycles. The molecule has 2 aromatic rings. The maximum Gasteiger partial charge on any atom is 0.254 e. The topological polar surface area (TPSA) is 66.5 Å². The molecule has 0 aliphatic heterocycles. The number of benzene rings is 1. The van der Waals surface area contributed by atoms with Gasteiger partial charge in [0.25, 0.3) is 5.91 Å². The Bertz CT molecular complexity index is 869. The molecule has 0 aliphatic rings. The third kappa shape index (κ3) is 5.54. The van der Waals surface area contributed by atoms with Crippen molar-refractivity contribution in [1.82, 2.24) is 9.62 Å². The van der Waals surface area contributed by atoms with E-state index in [2.05, 4.69) is 4.72 Å². The summed E-state index contributed by atoms with van der Waals surface area (Å²) in [5, 5.41) is 0. The van der Waals surface area contributed by atoms with Gasteiger partial charge in [-0.3, -0.25) is 4.79 Å². The summed E-state index contributed by atoms with van der Waals surface area (Å²) in [6.07, 6.45) is 0. The Morgan fingerprint density at radius 1 is 1.15 bits per heavy atom. The van der Waals surface area contributed by atoms with Gasteiger partial charge in [-0.2, -0.15) is 0 Å². The van der Waals surface area contributed by atoms with E-state index in [1.54, 1.807) is 37.8 Å². The maximum absolute atomic E-state index is 12.7. The average Bonchev–Trinajstić information content (AvgIpc) is 2.95. The van der Waals surface area contributed by atoms with E-state index < -0.39 is 15.6 Å². The number of rotatable bonds is 6. The van der Waals surface area contributed by atoms with Gasteiger partial charge >= 0.3 is 0 Å². The summed E-state index contributed by atoms with van der Waals surface area (Å²) in [5.41, 5.74) is -0.127. The minimum atomic E-state index is -3.62. The highest BCUT2D eigenvalue weighted by molar-refractivity contribution is 7.89. The van der Waals surface area contributed by atoms with Crippen LogP contribution in [0.4, 0.5) is 0 Å². The highest BCUT2D eigenvalue weighted by Gasteiger charge is 2.23. The summed E-state index contributed by atoms with van der Waals surface area (Å²) in [4.78, 5) is 15.5. The minimum Gasteiger partial charge on any atom is -0.334 e. The Balaban J connectivity index is 2.17. The summed E-state index contributed by atoms with van der Waals surface area (Å²) in [6.45, 7) is 8.24. The first kappa shape index (κ1) is 20.9. The molecule has 0 spiro atoms. The summed E-state index contributed by atoms with van der Waals surface area (Å²) < 4.78 is 28.0. The van der Waals surface area contributed by atoms with Crippen LogP contribution in [0.5, 0.6) is 0 Å². The lowest BCUT2D eigenvalue weighted by atomic mass is 10.1. The number of halogens is 1. The van der Waals surface area contributed by atoms with Crippen LogP contribution in [0.3, 0.4) is 0 Å². The lowest BCUT2D eigenvalue weighted by Gasteiger charge is -2.21. The molecule has 5 nitrogen and oxygen atoms in total. The molecule has 8 heteroatoms. The summed E-state index contributed by atoms with van der Waals surface area (Å²) >= 11 is 7.38. The number of thiophene rings is 1. The number of hydrogen-bond acceptors (Lipinski definition) is 4. The summed E-state index contributed by atoms with van der Waals surface area (Å²) in [5.74, 6) is -0.148. The number of carbonyl (C=O) groups excluding carboxylic acids is 1. The molecule has 2 rings (SSSR count). The average molecular weight is 415 g/mol. The number of sulfonamides is 1. The van der Waals surface area contributed by atoms with E-state index in [1.165, 1.54) is 23.5 Å². The summed E-state index contributed by atoms with van der Waals surface area (Å²) in [7, 11) is -3.62.